The summed E-state index contributed by atoms with van der Waals surface area (Å²) in [6.07, 6.45) is -0.118. The van der Waals surface area contributed by atoms with Gasteiger partial charge >= 0.3 is 0 Å². The first-order valence-corrected chi connectivity index (χ1v) is 6.93. The van der Waals surface area contributed by atoms with Crippen LogP contribution in [0.4, 0.5) is 0 Å². The molecule has 1 aromatic heterocycles. The average Bonchev–Trinajstić information content (AvgIpc) is 2.87. The summed E-state index contributed by atoms with van der Waals surface area (Å²) in [5, 5.41) is 4.02. The van der Waals surface area contributed by atoms with Gasteiger partial charge in [-0.2, -0.15) is 4.98 Å². The van der Waals surface area contributed by atoms with Gasteiger partial charge in [0, 0.05) is 19.1 Å². The van der Waals surface area contributed by atoms with E-state index in [1.807, 2.05) is 13.8 Å². The fourth-order valence-corrected chi connectivity index (χ4v) is 2.09. The predicted octanol–water partition coefficient (Wildman–Crippen LogP) is 1.51. The van der Waals surface area contributed by atoms with Crippen molar-refractivity contribution in [3.05, 3.63) is 11.7 Å². The van der Waals surface area contributed by atoms with Crippen LogP contribution < -0.4 is 5.73 Å². The van der Waals surface area contributed by atoms with Crippen molar-refractivity contribution in [2.24, 2.45) is 11.7 Å². The van der Waals surface area contributed by atoms with Crippen molar-refractivity contribution in [2.75, 3.05) is 19.7 Å². The molecule has 1 aliphatic heterocycles. The van der Waals surface area contributed by atoms with Gasteiger partial charge in [0.05, 0.1) is 12.6 Å². The fourth-order valence-electron chi connectivity index (χ4n) is 2.09. The molecule has 108 valence electrons. The molecule has 0 bridgehead atoms. The van der Waals surface area contributed by atoms with Gasteiger partial charge in [-0.1, -0.05) is 19.0 Å². The molecule has 0 saturated carbocycles. The molecular weight excluding hydrogens is 244 g/mol. The van der Waals surface area contributed by atoms with Crippen molar-refractivity contribution < 1.29 is 9.26 Å². The lowest BCUT2D eigenvalue weighted by Gasteiger charge is -2.34. The largest absolute Gasteiger partial charge is 0.367 e. The minimum absolute atomic E-state index is 0.118. The van der Waals surface area contributed by atoms with Crippen LogP contribution in [0.3, 0.4) is 0 Å². The number of hydrogen-bond acceptors (Lipinski definition) is 6. The molecule has 1 fully saturated rings. The lowest BCUT2D eigenvalue weighted by atomic mass is 10.1. The van der Waals surface area contributed by atoms with E-state index in [-0.39, 0.29) is 18.1 Å². The lowest BCUT2D eigenvalue weighted by molar-refractivity contribution is -0.0450. The molecule has 6 heteroatoms. The van der Waals surface area contributed by atoms with E-state index in [2.05, 4.69) is 28.9 Å². The fraction of sp³-hybridized carbons (Fsp3) is 0.846. The summed E-state index contributed by atoms with van der Waals surface area (Å²) in [4.78, 5) is 6.75. The Balaban J connectivity index is 2.06. The average molecular weight is 268 g/mol. The summed E-state index contributed by atoms with van der Waals surface area (Å²) in [5.74, 6) is 1.37. The Labute approximate surface area is 114 Å². The van der Waals surface area contributed by atoms with E-state index in [1.54, 1.807) is 0 Å². The van der Waals surface area contributed by atoms with Crippen molar-refractivity contribution in [1.82, 2.24) is 15.0 Å². The molecule has 2 N–H and O–H groups in total. The van der Waals surface area contributed by atoms with Crippen LogP contribution in [0, 0.1) is 5.92 Å². The molecule has 19 heavy (non-hydrogen) atoms. The number of rotatable bonds is 4. The molecule has 1 aliphatic rings. The number of hydrogen-bond donors (Lipinski definition) is 1. The first-order chi connectivity index (χ1) is 8.99. The van der Waals surface area contributed by atoms with Crippen LogP contribution in [0.2, 0.25) is 0 Å². The second kappa shape index (κ2) is 5.98. The predicted molar refractivity (Wildman–Crippen MR) is 71.5 cm³/mol. The Morgan fingerprint density at radius 1 is 1.32 bits per heavy atom. The maximum atomic E-state index is 6.01. The zero-order valence-corrected chi connectivity index (χ0v) is 12.2. The summed E-state index contributed by atoms with van der Waals surface area (Å²) in [6, 6.07) is 0.279. The summed E-state index contributed by atoms with van der Waals surface area (Å²) >= 11 is 0. The molecule has 1 saturated heterocycles. The smallest absolute Gasteiger partial charge is 0.243 e. The van der Waals surface area contributed by atoms with Gasteiger partial charge < -0.3 is 15.0 Å². The van der Waals surface area contributed by atoms with Gasteiger partial charge in [-0.05, 0) is 19.8 Å². The van der Waals surface area contributed by atoms with Crippen molar-refractivity contribution in [1.29, 1.82) is 0 Å². The maximum Gasteiger partial charge on any atom is 0.243 e. The van der Waals surface area contributed by atoms with E-state index in [9.17, 15) is 0 Å². The quantitative estimate of drug-likeness (QED) is 0.892. The van der Waals surface area contributed by atoms with Crippen molar-refractivity contribution in [3.63, 3.8) is 0 Å². The molecule has 0 spiro atoms. The van der Waals surface area contributed by atoms with E-state index in [4.69, 9.17) is 15.0 Å². The molecule has 0 aliphatic carbocycles. The molecule has 2 unspecified atom stereocenters. The number of nitrogens with two attached hydrogens (primary N) is 1. The first kappa shape index (κ1) is 14.4. The third-order valence-electron chi connectivity index (χ3n) is 3.58. The Morgan fingerprint density at radius 3 is 2.68 bits per heavy atom. The number of morpholine rings is 1. The van der Waals surface area contributed by atoms with Crippen molar-refractivity contribution in [2.45, 2.75) is 45.9 Å². The third kappa shape index (κ3) is 3.32. The highest BCUT2D eigenvalue weighted by atomic mass is 16.5. The molecule has 0 amide bonds. The zero-order valence-electron chi connectivity index (χ0n) is 12.2. The molecule has 1 aromatic rings. The number of ether oxygens (including phenoxy) is 1. The van der Waals surface area contributed by atoms with Crippen LogP contribution in [0.1, 0.15) is 51.6 Å². The van der Waals surface area contributed by atoms with Gasteiger partial charge in [-0.3, -0.25) is 4.90 Å². The van der Waals surface area contributed by atoms with Crippen molar-refractivity contribution >= 4 is 0 Å². The zero-order chi connectivity index (χ0) is 14.0. The molecule has 0 aromatic carbocycles. The van der Waals surface area contributed by atoms with Crippen LogP contribution >= 0.6 is 0 Å². The SMILES string of the molecule is CC(C)C(N)c1nc(C2CN(C(C)C)CCO2)no1. The minimum Gasteiger partial charge on any atom is -0.367 e. The van der Waals surface area contributed by atoms with Gasteiger partial charge in [-0.25, -0.2) is 0 Å². The Hall–Kier alpha value is -0.980. The highest BCUT2D eigenvalue weighted by molar-refractivity contribution is 4.98. The topological polar surface area (TPSA) is 77.4 Å². The van der Waals surface area contributed by atoms with E-state index in [0.29, 0.717) is 24.4 Å². The molecule has 2 rings (SSSR count). The Morgan fingerprint density at radius 2 is 2.05 bits per heavy atom. The summed E-state index contributed by atoms with van der Waals surface area (Å²) < 4.78 is 11.0. The third-order valence-corrected chi connectivity index (χ3v) is 3.58. The first-order valence-electron chi connectivity index (χ1n) is 6.93. The van der Waals surface area contributed by atoms with Gasteiger partial charge in [-0.15, -0.1) is 0 Å². The normalized spacial score (nSPS) is 23.2. The van der Waals surface area contributed by atoms with E-state index < -0.39 is 0 Å². The number of nitrogens with zero attached hydrogens (tertiary/aromatic N) is 3. The van der Waals surface area contributed by atoms with E-state index >= 15 is 0 Å². The van der Waals surface area contributed by atoms with Crippen LogP contribution in [0.5, 0.6) is 0 Å². The summed E-state index contributed by atoms with van der Waals surface area (Å²) in [6.45, 7) is 10.9. The van der Waals surface area contributed by atoms with Crippen LogP contribution in [-0.2, 0) is 4.74 Å². The molecule has 2 heterocycles. The molecule has 2 atom stereocenters. The second-order valence-corrected chi connectivity index (χ2v) is 5.71. The summed E-state index contributed by atoms with van der Waals surface area (Å²) in [7, 11) is 0. The Bertz CT molecular complexity index is 405. The molecule has 6 nitrogen and oxygen atoms in total. The minimum atomic E-state index is -0.217. The monoisotopic (exact) mass is 268 g/mol. The van der Waals surface area contributed by atoms with Crippen LogP contribution in [0.15, 0.2) is 4.52 Å². The highest BCUT2D eigenvalue weighted by Gasteiger charge is 2.28. The van der Waals surface area contributed by atoms with E-state index in [1.165, 1.54) is 0 Å². The lowest BCUT2D eigenvalue weighted by Crippen LogP contribution is -2.42. The summed E-state index contributed by atoms with van der Waals surface area (Å²) in [5.41, 5.74) is 6.01. The maximum absolute atomic E-state index is 6.01. The Kier molecular flexibility index (Phi) is 4.54. The van der Waals surface area contributed by atoms with Gasteiger partial charge in [0.15, 0.2) is 0 Å². The second-order valence-electron chi connectivity index (χ2n) is 5.71. The van der Waals surface area contributed by atoms with Crippen molar-refractivity contribution in [3.8, 4) is 0 Å². The van der Waals surface area contributed by atoms with Gasteiger partial charge in [0.25, 0.3) is 0 Å². The van der Waals surface area contributed by atoms with Crippen LogP contribution in [0.25, 0.3) is 0 Å². The highest BCUT2D eigenvalue weighted by Crippen LogP contribution is 2.23. The standard InChI is InChI=1S/C13H24N4O2/c1-8(2)11(14)13-15-12(16-19-13)10-7-17(9(3)4)5-6-18-10/h8-11H,5-7,14H2,1-4H3. The molecular formula is C13H24N4O2. The van der Waals surface area contributed by atoms with Gasteiger partial charge in [0.2, 0.25) is 11.7 Å². The van der Waals surface area contributed by atoms with Gasteiger partial charge in [0.1, 0.15) is 6.10 Å². The van der Waals surface area contributed by atoms with E-state index in [0.717, 1.165) is 13.1 Å². The molecule has 0 radical (unpaired) electrons. The van der Waals surface area contributed by atoms with Crippen LogP contribution in [-0.4, -0.2) is 40.8 Å². The number of aromatic nitrogens is 2.